The Labute approximate surface area is 246 Å². The average Bonchev–Trinajstić information content (AvgIpc) is 3.75. The average molecular weight is 615 g/mol. The summed E-state index contributed by atoms with van der Waals surface area (Å²) in [5, 5.41) is 25.2. The van der Waals surface area contributed by atoms with Crippen LogP contribution in [0.1, 0.15) is 10.4 Å². The highest BCUT2D eigenvalue weighted by Gasteiger charge is 2.24. The zero-order valence-corrected chi connectivity index (χ0v) is 23.6. The number of nitrogen functional groups attached to an aromatic ring is 1. The normalized spacial score (nSPS) is 15.0. The molecular weight excluding hydrogens is 586 g/mol. The molecular formula is C27H28F2N8O5S. The predicted molar refractivity (Wildman–Crippen MR) is 155 cm³/mol. The van der Waals surface area contributed by atoms with Gasteiger partial charge < -0.3 is 30.6 Å². The fourth-order valence-corrected chi connectivity index (χ4v) is 6.03. The summed E-state index contributed by atoms with van der Waals surface area (Å²) in [5.74, 6) is -1.93. The van der Waals surface area contributed by atoms with E-state index in [0.717, 1.165) is 17.4 Å². The van der Waals surface area contributed by atoms with Crippen LogP contribution in [-0.4, -0.2) is 92.2 Å². The molecule has 1 aliphatic heterocycles. The van der Waals surface area contributed by atoms with Crippen molar-refractivity contribution in [2.24, 2.45) is 0 Å². The number of carbonyl (C=O) groups excluding carboxylic acids is 1. The van der Waals surface area contributed by atoms with Crippen LogP contribution < -0.4 is 20.8 Å². The number of aromatic nitrogens is 4. The number of nitrogens with zero attached hydrogens (tertiary/aromatic N) is 6. The Balaban J connectivity index is 1.14. The number of hydrogen-bond donors (Lipinski definition) is 4. The predicted octanol–water partition coefficient (Wildman–Crippen LogP) is 1.13. The number of halogens is 2. The minimum atomic E-state index is -1.19. The van der Waals surface area contributed by atoms with Crippen LogP contribution in [0.25, 0.3) is 27.3 Å². The number of nitrogens with one attached hydrogen (secondary N) is 1. The molecule has 16 heteroatoms. The van der Waals surface area contributed by atoms with E-state index in [1.807, 2.05) is 0 Å². The molecule has 43 heavy (non-hydrogen) atoms. The van der Waals surface area contributed by atoms with E-state index in [1.54, 1.807) is 33.9 Å². The number of carbonyl (C=O) groups is 1. The first-order valence-electron chi connectivity index (χ1n) is 13.5. The topological polar surface area (TPSA) is 167 Å². The Morgan fingerprint density at radius 2 is 1.95 bits per heavy atom. The molecule has 1 atom stereocenters. The highest BCUT2D eigenvalue weighted by atomic mass is 32.1. The minimum absolute atomic E-state index is 0.0902. The molecule has 1 aliphatic rings. The van der Waals surface area contributed by atoms with E-state index in [4.69, 9.17) is 15.3 Å². The SMILES string of the molecule is Nc1nc2c(sc(=O)n2CCN2CCN(c3cc(C(=O)NCC(O)CO)c(F)cc3F)CC2)c2cc(-c3ccco3)nn12. The van der Waals surface area contributed by atoms with E-state index >= 15 is 0 Å². The zero-order valence-electron chi connectivity index (χ0n) is 22.7. The number of nitrogens with two attached hydrogens (primary N) is 1. The number of benzene rings is 1. The van der Waals surface area contributed by atoms with Gasteiger partial charge in [0.05, 0.1) is 35.7 Å². The lowest BCUT2D eigenvalue weighted by Gasteiger charge is -2.36. The number of rotatable bonds is 9. The molecule has 1 aromatic carbocycles. The number of hydrogen-bond acceptors (Lipinski definition) is 11. The summed E-state index contributed by atoms with van der Waals surface area (Å²) < 4.78 is 38.3. The standard InChI is InChI=1S/C27H28F2N8O5S/c28-17-11-18(29)20(10-16(17)25(40)31-13-15(39)14-38)35-6-3-34(4-7-35)5-8-36-24-23(43-27(36)41)21-12-19(22-2-1-9-42-22)33-37(21)26(30)32-24/h1-2,9-12,15,38-39H,3-8,13-14H2,(H2,30,32)(H,31,40). The van der Waals surface area contributed by atoms with Crippen LogP contribution in [0, 0.1) is 11.6 Å². The number of anilines is 2. The second kappa shape index (κ2) is 11.7. The number of fused-ring (bicyclic) bond motifs is 3. The first-order chi connectivity index (χ1) is 20.7. The third kappa shape index (κ3) is 5.56. The molecule has 13 nitrogen and oxygen atoms in total. The van der Waals surface area contributed by atoms with E-state index in [2.05, 4.69) is 20.3 Å². The fraction of sp³-hybridized carbons (Fsp3) is 0.333. The van der Waals surface area contributed by atoms with Crippen molar-refractivity contribution in [2.45, 2.75) is 12.6 Å². The van der Waals surface area contributed by atoms with E-state index in [0.29, 0.717) is 72.7 Å². The minimum Gasteiger partial charge on any atom is -0.463 e. The molecule has 1 amide bonds. The summed E-state index contributed by atoms with van der Waals surface area (Å²) in [4.78, 5) is 33.5. The van der Waals surface area contributed by atoms with Gasteiger partial charge in [-0.15, -0.1) is 0 Å². The number of piperazine rings is 1. The lowest BCUT2D eigenvalue weighted by molar-refractivity contribution is 0.0799. The summed E-state index contributed by atoms with van der Waals surface area (Å²) in [6.07, 6.45) is 0.357. The smallest absolute Gasteiger partial charge is 0.309 e. The maximum absolute atomic E-state index is 14.7. The van der Waals surface area contributed by atoms with Gasteiger partial charge in [0.15, 0.2) is 11.4 Å². The molecule has 0 saturated carbocycles. The van der Waals surface area contributed by atoms with Gasteiger partial charge in [0.25, 0.3) is 5.91 Å². The van der Waals surface area contributed by atoms with E-state index in [-0.39, 0.29) is 28.6 Å². The van der Waals surface area contributed by atoms with Crippen LogP contribution in [0.4, 0.5) is 20.4 Å². The Bertz CT molecular complexity index is 1850. The molecule has 1 fully saturated rings. The van der Waals surface area contributed by atoms with Gasteiger partial charge in [-0.25, -0.2) is 8.78 Å². The highest BCUT2D eigenvalue weighted by molar-refractivity contribution is 7.17. The Morgan fingerprint density at radius 3 is 2.67 bits per heavy atom. The molecule has 1 saturated heterocycles. The first-order valence-corrected chi connectivity index (χ1v) is 14.3. The third-order valence-corrected chi connectivity index (χ3v) is 8.36. The van der Waals surface area contributed by atoms with Crippen molar-refractivity contribution in [3.63, 3.8) is 0 Å². The van der Waals surface area contributed by atoms with Crippen molar-refractivity contribution in [1.82, 2.24) is 29.4 Å². The lowest BCUT2D eigenvalue weighted by atomic mass is 10.1. The second-order valence-corrected chi connectivity index (χ2v) is 11.1. The van der Waals surface area contributed by atoms with Gasteiger partial charge >= 0.3 is 4.87 Å². The molecule has 4 aromatic heterocycles. The largest absolute Gasteiger partial charge is 0.463 e. The number of thiazole rings is 1. The van der Waals surface area contributed by atoms with E-state index in [9.17, 15) is 23.5 Å². The van der Waals surface area contributed by atoms with E-state index < -0.39 is 30.3 Å². The third-order valence-electron chi connectivity index (χ3n) is 7.36. The second-order valence-electron chi connectivity index (χ2n) is 10.1. The van der Waals surface area contributed by atoms with Crippen LogP contribution in [-0.2, 0) is 6.54 Å². The van der Waals surface area contributed by atoms with Gasteiger partial charge in [0, 0.05) is 51.9 Å². The summed E-state index contributed by atoms with van der Waals surface area (Å²) in [6, 6.07) is 7.17. The summed E-state index contributed by atoms with van der Waals surface area (Å²) >= 11 is 1.06. The van der Waals surface area contributed by atoms with Crippen molar-refractivity contribution >= 4 is 44.7 Å². The quantitative estimate of drug-likeness (QED) is 0.189. The monoisotopic (exact) mass is 614 g/mol. The molecule has 0 radical (unpaired) electrons. The summed E-state index contributed by atoms with van der Waals surface area (Å²) in [7, 11) is 0. The molecule has 1 unspecified atom stereocenters. The van der Waals surface area contributed by atoms with Gasteiger partial charge in [-0.05, 0) is 24.3 Å². The van der Waals surface area contributed by atoms with Crippen molar-refractivity contribution < 1.29 is 28.2 Å². The van der Waals surface area contributed by atoms with Crippen molar-refractivity contribution in [2.75, 3.05) is 56.5 Å². The van der Waals surface area contributed by atoms with Crippen LogP contribution in [0.5, 0.6) is 0 Å². The Kier molecular flexibility index (Phi) is 7.83. The molecule has 5 N–H and O–H groups in total. The van der Waals surface area contributed by atoms with Crippen molar-refractivity contribution in [3.8, 4) is 11.5 Å². The van der Waals surface area contributed by atoms with Gasteiger partial charge in [0.2, 0.25) is 5.95 Å². The van der Waals surface area contributed by atoms with Crippen LogP contribution >= 0.6 is 11.3 Å². The summed E-state index contributed by atoms with van der Waals surface area (Å²) in [6.45, 7) is 1.92. The molecule has 226 valence electrons. The van der Waals surface area contributed by atoms with Gasteiger partial charge in [-0.1, -0.05) is 11.3 Å². The van der Waals surface area contributed by atoms with Gasteiger partial charge in [0.1, 0.15) is 22.0 Å². The molecule has 0 bridgehead atoms. The number of amides is 1. The maximum atomic E-state index is 14.7. The highest BCUT2D eigenvalue weighted by Crippen LogP contribution is 2.29. The fourth-order valence-electron chi connectivity index (χ4n) is 5.07. The van der Waals surface area contributed by atoms with Crippen molar-refractivity contribution in [1.29, 1.82) is 0 Å². The van der Waals surface area contributed by atoms with Crippen molar-refractivity contribution in [3.05, 3.63) is 63.5 Å². The molecule has 5 aromatic rings. The van der Waals surface area contributed by atoms with Gasteiger partial charge in [-0.3, -0.25) is 19.1 Å². The first kappa shape index (κ1) is 28.7. The number of aliphatic hydroxyl groups excluding tert-OH is 2. The number of furan rings is 1. The Hall–Kier alpha value is -4.38. The molecule has 0 aliphatic carbocycles. The number of aliphatic hydroxyl groups is 2. The molecule has 5 heterocycles. The van der Waals surface area contributed by atoms with Crippen LogP contribution in [0.3, 0.4) is 0 Å². The zero-order chi connectivity index (χ0) is 30.2. The Morgan fingerprint density at radius 1 is 1.16 bits per heavy atom. The van der Waals surface area contributed by atoms with E-state index in [1.165, 1.54) is 4.52 Å². The van der Waals surface area contributed by atoms with Crippen LogP contribution in [0.2, 0.25) is 0 Å². The molecule has 0 spiro atoms. The van der Waals surface area contributed by atoms with Crippen LogP contribution in [0.15, 0.2) is 45.8 Å². The molecule has 6 rings (SSSR count). The van der Waals surface area contributed by atoms with Gasteiger partial charge in [-0.2, -0.15) is 14.6 Å². The summed E-state index contributed by atoms with van der Waals surface area (Å²) in [5.41, 5.74) is 7.62. The maximum Gasteiger partial charge on any atom is 0.309 e. The lowest BCUT2D eigenvalue weighted by Crippen LogP contribution is -2.47.